The van der Waals surface area contributed by atoms with Crippen LogP contribution in [0.5, 0.6) is 0 Å². The molecule has 1 saturated heterocycles. The van der Waals surface area contributed by atoms with Crippen LogP contribution in [0.15, 0.2) is 35.1 Å². The fraction of sp³-hybridized carbons (Fsp3) is 0.348. The number of carboxylic acid groups (broad SMARTS) is 1. The summed E-state index contributed by atoms with van der Waals surface area (Å²) in [6.07, 6.45) is 2.57. The van der Waals surface area contributed by atoms with Gasteiger partial charge in [0.1, 0.15) is 23.3 Å². The molecule has 0 aliphatic carbocycles. The van der Waals surface area contributed by atoms with Crippen LogP contribution >= 0.6 is 11.6 Å². The minimum Gasteiger partial charge on any atom is -0.465 e. The summed E-state index contributed by atoms with van der Waals surface area (Å²) < 4.78 is 7.46. The highest BCUT2D eigenvalue weighted by Gasteiger charge is 2.45. The number of benzene rings is 1. The number of anilines is 2. The van der Waals surface area contributed by atoms with Crippen molar-refractivity contribution in [1.82, 2.24) is 24.4 Å². The molecule has 0 saturated carbocycles. The molecule has 0 radical (unpaired) electrons. The molecule has 4 aromatic rings. The third-order valence-electron chi connectivity index (χ3n) is 6.31. The number of amides is 2. The van der Waals surface area contributed by atoms with Crippen LogP contribution in [0.25, 0.3) is 22.1 Å². The molecule has 1 aliphatic rings. The summed E-state index contributed by atoms with van der Waals surface area (Å²) in [6, 6.07) is 4.38. The molecule has 5 rings (SSSR count). The number of fused-ring (bicyclic) bond motifs is 2. The van der Waals surface area contributed by atoms with E-state index >= 15 is 0 Å². The van der Waals surface area contributed by atoms with Gasteiger partial charge in [-0.25, -0.2) is 14.8 Å². The number of nitrogen functional groups attached to an aromatic ring is 1. The van der Waals surface area contributed by atoms with Gasteiger partial charge in [-0.05, 0) is 30.0 Å². The molecule has 0 spiro atoms. The number of carbonyl (C=O) groups is 2. The molecule has 1 fully saturated rings. The van der Waals surface area contributed by atoms with Gasteiger partial charge in [0, 0.05) is 17.8 Å². The summed E-state index contributed by atoms with van der Waals surface area (Å²) in [5.74, 6) is -0.364. The number of aromatic nitrogens is 4. The number of rotatable bonds is 3. The Morgan fingerprint density at radius 1 is 1.29 bits per heavy atom. The Balaban J connectivity index is 1.57. The SMILES string of the molecule is CC(C)(C)[C@@H]1C(n2cc(C(=O)Nc3nc4cc(Cl)ccc4o3)c3c(N)ncnc32)CCN1C(=O)O. The molecule has 182 valence electrons. The summed E-state index contributed by atoms with van der Waals surface area (Å²) in [6.45, 7) is 6.35. The first-order valence-electron chi connectivity index (χ1n) is 11.0. The van der Waals surface area contributed by atoms with E-state index in [9.17, 15) is 14.7 Å². The first kappa shape index (κ1) is 22.9. The fourth-order valence-electron chi connectivity index (χ4n) is 4.98. The summed E-state index contributed by atoms with van der Waals surface area (Å²) >= 11 is 6.01. The number of hydrogen-bond acceptors (Lipinski definition) is 7. The predicted molar refractivity (Wildman–Crippen MR) is 131 cm³/mol. The Bertz CT molecular complexity index is 1470. The molecular weight excluding hydrogens is 474 g/mol. The molecule has 3 aromatic heterocycles. The van der Waals surface area contributed by atoms with Gasteiger partial charge in [-0.2, -0.15) is 4.98 Å². The Hall–Kier alpha value is -3.86. The Morgan fingerprint density at radius 2 is 2.06 bits per heavy atom. The van der Waals surface area contributed by atoms with Crippen molar-refractivity contribution in [2.75, 3.05) is 17.6 Å². The average Bonchev–Trinajstić information content (AvgIpc) is 3.47. The van der Waals surface area contributed by atoms with Gasteiger partial charge in [0.2, 0.25) is 0 Å². The molecule has 35 heavy (non-hydrogen) atoms. The van der Waals surface area contributed by atoms with Gasteiger partial charge >= 0.3 is 12.1 Å². The molecule has 2 amide bonds. The quantitative estimate of drug-likeness (QED) is 0.376. The lowest BCUT2D eigenvalue weighted by Gasteiger charge is -2.37. The zero-order valence-electron chi connectivity index (χ0n) is 19.3. The largest absolute Gasteiger partial charge is 0.465 e. The van der Waals surface area contributed by atoms with Gasteiger partial charge in [-0.15, -0.1) is 0 Å². The van der Waals surface area contributed by atoms with Crippen molar-refractivity contribution in [3.8, 4) is 0 Å². The van der Waals surface area contributed by atoms with Crippen LogP contribution in [-0.4, -0.2) is 54.1 Å². The monoisotopic (exact) mass is 497 g/mol. The number of oxazole rings is 1. The Kier molecular flexibility index (Phi) is 5.32. The third-order valence-corrected chi connectivity index (χ3v) is 6.54. The van der Waals surface area contributed by atoms with E-state index in [1.54, 1.807) is 24.4 Å². The van der Waals surface area contributed by atoms with Gasteiger partial charge < -0.3 is 24.7 Å². The predicted octanol–water partition coefficient (Wildman–Crippen LogP) is 4.40. The van der Waals surface area contributed by atoms with Gasteiger partial charge in [-0.1, -0.05) is 32.4 Å². The summed E-state index contributed by atoms with van der Waals surface area (Å²) in [5, 5.41) is 13.3. The fourth-order valence-corrected chi connectivity index (χ4v) is 5.14. The number of likely N-dealkylation sites (tertiary alicyclic amines) is 1. The van der Waals surface area contributed by atoms with E-state index in [0.717, 1.165) is 0 Å². The van der Waals surface area contributed by atoms with Crippen molar-refractivity contribution < 1.29 is 19.1 Å². The lowest BCUT2D eigenvalue weighted by atomic mass is 9.82. The number of carbonyl (C=O) groups excluding carboxylic acids is 1. The van der Waals surface area contributed by atoms with E-state index in [1.165, 1.54) is 11.2 Å². The van der Waals surface area contributed by atoms with Crippen LogP contribution in [-0.2, 0) is 0 Å². The van der Waals surface area contributed by atoms with E-state index in [2.05, 4.69) is 20.3 Å². The second-order valence-corrected chi connectivity index (χ2v) is 10.1. The smallest absolute Gasteiger partial charge is 0.407 e. The first-order chi connectivity index (χ1) is 16.5. The lowest BCUT2D eigenvalue weighted by molar-refractivity contribution is 0.0929. The van der Waals surface area contributed by atoms with Crippen molar-refractivity contribution in [3.63, 3.8) is 0 Å². The van der Waals surface area contributed by atoms with Crippen LogP contribution in [0, 0.1) is 5.41 Å². The summed E-state index contributed by atoms with van der Waals surface area (Å²) in [5.41, 5.74) is 7.48. The normalized spacial score (nSPS) is 18.5. The van der Waals surface area contributed by atoms with Crippen LogP contribution < -0.4 is 11.1 Å². The van der Waals surface area contributed by atoms with Crippen LogP contribution in [0.2, 0.25) is 5.02 Å². The topological polar surface area (TPSA) is 152 Å². The third kappa shape index (κ3) is 3.91. The summed E-state index contributed by atoms with van der Waals surface area (Å²) in [4.78, 5) is 39.5. The van der Waals surface area contributed by atoms with Crippen molar-refractivity contribution in [3.05, 3.63) is 41.3 Å². The minimum absolute atomic E-state index is 0.00840. The number of nitrogens with zero attached hydrogens (tertiary/aromatic N) is 5. The van der Waals surface area contributed by atoms with Gasteiger partial charge in [-0.3, -0.25) is 10.1 Å². The summed E-state index contributed by atoms with van der Waals surface area (Å²) in [7, 11) is 0. The van der Waals surface area contributed by atoms with E-state index in [1.807, 2.05) is 25.3 Å². The average molecular weight is 498 g/mol. The maximum absolute atomic E-state index is 13.3. The van der Waals surface area contributed by atoms with E-state index in [4.69, 9.17) is 21.8 Å². The number of nitrogens with one attached hydrogen (secondary N) is 1. The molecule has 12 heteroatoms. The molecular formula is C23H24ClN7O4. The maximum atomic E-state index is 13.3. The maximum Gasteiger partial charge on any atom is 0.407 e. The number of hydrogen-bond donors (Lipinski definition) is 3. The molecule has 1 unspecified atom stereocenters. The van der Waals surface area contributed by atoms with E-state index < -0.39 is 12.0 Å². The molecule has 2 atom stereocenters. The molecule has 4 N–H and O–H groups in total. The van der Waals surface area contributed by atoms with Gasteiger partial charge in [0.15, 0.2) is 5.58 Å². The van der Waals surface area contributed by atoms with Crippen molar-refractivity contribution in [2.45, 2.75) is 39.3 Å². The van der Waals surface area contributed by atoms with Crippen LogP contribution in [0.3, 0.4) is 0 Å². The second kappa shape index (κ2) is 8.12. The highest BCUT2D eigenvalue weighted by atomic mass is 35.5. The first-order valence-corrected chi connectivity index (χ1v) is 11.4. The zero-order valence-corrected chi connectivity index (χ0v) is 20.1. The minimum atomic E-state index is -0.980. The standard InChI is InChI=1S/C23H24ClN7O4/c1-23(2,3)17-14(6-7-30(17)22(33)34)31-9-12(16-18(25)26-10-27-19(16)31)20(32)29-21-28-13-8-11(24)4-5-15(13)35-21/h4-5,8-10,14,17H,6-7H2,1-3H3,(H,33,34)(H2,25,26,27)(H,28,29,32)/t14?,17-/m0/s1. The highest BCUT2D eigenvalue weighted by Crippen LogP contribution is 2.42. The Labute approximate surface area is 204 Å². The molecule has 4 heterocycles. The van der Waals surface area contributed by atoms with Crippen molar-refractivity contribution >= 4 is 57.6 Å². The van der Waals surface area contributed by atoms with Crippen molar-refractivity contribution in [1.29, 1.82) is 0 Å². The van der Waals surface area contributed by atoms with Crippen molar-refractivity contribution in [2.24, 2.45) is 5.41 Å². The highest BCUT2D eigenvalue weighted by molar-refractivity contribution is 6.31. The van der Waals surface area contributed by atoms with Gasteiger partial charge in [0.25, 0.3) is 5.91 Å². The van der Waals surface area contributed by atoms with Gasteiger partial charge in [0.05, 0.1) is 23.0 Å². The van der Waals surface area contributed by atoms with E-state index in [-0.39, 0.29) is 34.9 Å². The van der Waals surface area contributed by atoms with E-state index in [0.29, 0.717) is 40.1 Å². The molecule has 1 aromatic carbocycles. The molecule has 0 bridgehead atoms. The zero-order chi connectivity index (χ0) is 25.1. The molecule has 11 nitrogen and oxygen atoms in total. The second-order valence-electron chi connectivity index (χ2n) is 9.64. The van der Waals surface area contributed by atoms with Crippen LogP contribution in [0.1, 0.15) is 43.6 Å². The number of nitrogens with two attached hydrogens (primary N) is 1. The Morgan fingerprint density at radius 3 is 2.77 bits per heavy atom. The molecule has 1 aliphatic heterocycles. The lowest BCUT2D eigenvalue weighted by Crippen LogP contribution is -2.45. The number of halogens is 1. The van der Waals surface area contributed by atoms with Crippen LogP contribution in [0.4, 0.5) is 16.6 Å².